The molecule has 1 atom stereocenters. The number of hydrogen-bond acceptors (Lipinski definition) is 6. The van der Waals surface area contributed by atoms with Crippen molar-refractivity contribution in [2.45, 2.75) is 18.1 Å². The second kappa shape index (κ2) is 9.01. The van der Waals surface area contributed by atoms with Gasteiger partial charge in [0.1, 0.15) is 4.21 Å². The van der Waals surface area contributed by atoms with Crippen molar-refractivity contribution in [1.29, 1.82) is 0 Å². The SMILES string of the molecule is CCN(CC(C)C(=O)OC)C(=O)c1ccc(NS(=O)(=O)c2cccs2)cc1. The molecule has 27 heavy (non-hydrogen) atoms. The largest absolute Gasteiger partial charge is 0.469 e. The van der Waals surface area contributed by atoms with Gasteiger partial charge in [-0.1, -0.05) is 13.0 Å². The summed E-state index contributed by atoms with van der Waals surface area (Å²) in [5.74, 6) is -1.05. The van der Waals surface area contributed by atoms with Gasteiger partial charge in [0.15, 0.2) is 0 Å². The Morgan fingerprint density at radius 1 is 1.22 bits per heavy atom. The third-order valence-corrected chi connectivity index (χ3v) is 6.69. The molecule has 0 bridgehead atoms. The highest BCUT2D eigenvalue weighted by Crippen LogP contribution is 2.21. The summed E-state index contributed by atoms with van der Waals surface area (Å²) in [6.07, 6.45) is 0. The molecule has 0 fully saturated rings. The summed E-state index contributed by atoms with van der Waals surface area (Å²) < 4.78 is 31.9. The van der Waals surface area contributed by atoms with Crippen LogP contribution in [0.15, 0.2) is 46.0 Å². The molecule has 7 nitrogen and oxygen atoms in total. The molecule has 1 aromatic heterocycles. The number of nitrogens with one attached hydrogen (secondary N) is 1. The zero-order chi connectivity index (χ0) is 20.0. The standard InChI is InChI=1S/C18H22N2O5S2/c1-4-20(12-13(2)18(22)25-3)17(21)14-7-9-15(10-8-14)19-27(23,24)16-6-5-11-26-16/h5-11,13,19H,4,12H2,1-3H3. The van der Waals surface area contributed by atoms with Crippen LogP contribution in [-0.4, -0.2) is 45.4 Å². The number of benzene rings is 1. The lowest BCUT2D eigenvalue weighted by molar-refractivity contribution is -0.145. The van der Waals surface area contributed by atoms with Crippen molar-refractivity contribution in [2.75, 3.05) is 24.9 Å². The van der Waals surface area contributed by atoms with E-state index in [1.807, 2.05) is 6.92 Å². The lowest BCUT2D eigenvalue weighted by Gasteiger charge is -2.23. The molecule has 1 amide bonds. The fraction of sp³-hybridized carbons (Fsp3) is 0.333. The van der Waals surface area contributed by atoms with Gasteiger partial charge in [0, 0.05) is 24.3 Å². The van der Waals surface area contributed by atoms with Gasteiger partial charge in [0.2, 0.25) is 0 Å². The molecule has 0 aliphatic rings. The number of methoxy groups -OCH3 is 1. The summed E-state index contributed by atoms with van der Waals surface area (Å²) >= 11 is 1.12. The van der Waals surface area contributed by atoms with E-state index in [-0.39, 0.29) is 22.6 Å². The van der Waals surface area contributed by atoms with E-state index in [0.717, 1.165) is 11.3 Å². The molecule has 1 unspecified atom stereocenters. The lowest BCUT2D eigenvalue weighted by Crippen LogP contribution is -2.37. The van der Waals surface area contributed by atoms with E-state index < -0.39 is 15.9 Å². The minimum Gasteiger partial charge on any atom is -0.469 e. The highest BCUT2D eigenvalue weighted by atomic mass is 32.2. The van der Waals surface area contributed by atoms with Gasteiger partial charge in [0.05, 0.1) is 13.0 Å². The first-order valence-electron chi connectivity index (χ1n) is 8.32. The van der Waals surface area contributed by atoms with Gasteiger partial charge in [0.25, 0.3) is 15.9 Å². The van der Waals surface area contributed by atoms with Gasteiger partial charge in [-0.2, -0.15) is 0 Å². The van der Waals surface area contributed by atoms with Crippen molar-refractivity contribution in [3.63, 3.8) is 0 Å². The molecule has 0 aliphatic carbocycles. The number of hydrogen-bond donors (Lipinski definition) is 1. The molecule has 2 aromatic rings. The molecule has 0 saturated heterocycles. The second-order valence-electron chi connectivity index (χ2n) is 5.88. The molecular formula is C18H22N2O5S2. The van der Waals surface area contributed by atoms with Crippen LogP contribution >= 0.6 is 11.3 Å². The number of sulfonamides is 1. The van der Waals surface area contributed by atoms with Crippen LogP contribution in [-0.2, 0) is 19.6 Å². The van der Waals surface area contributed by atoms with Crippen LogP contribution in [0.2, 0.25) is 0 Å². The Morgan fingerprint density at radius 2 is 1.89 bits per heavy atom. The maximum atomic E-state index is 12.6. The highest BCUT2D eigenvalue weighted by molar-refractivity contribution is 7.94. The van der Waals surface area contributed by atoms with Gasteiger partial charge < -0.3 is 9.64 Å². The number of carbonyl (C=O) groups is 2. The van der Waals surface area contributed by atoms with Crippen molar-refractivity contribution in [1.82, 2.24) is 4.90 Å². The molecule has 1 aromatic carbocycles. The van der Waals surface area contributed by atoms with E-state index in [2.05, 4.69) is 4.72 Å². The number of esters is 1. The van der Waals surface area contributed by atoms with E-state index in [9.17, 15) is 18.0 Å². The average molecular weight is 411 g/mol. The summed E-state index contributed by atoms with van der Waals surface area (Å²) in [4.78, 5) is 25.8. The van der Waals surface area contributed by atoms with Crippen LogP contribution in [0.4, 0.5) is 5.69 Å². The number of amides is 1. The summed E-state index contributed by atoms with van der Waals surface area (Å²) in [5, 5.41) is 1.69. The third kappa shape index (κ3) is 5.30. The van der Waals surface area contributed by atoms with E-state index in [0.29, 0.717) is 17.8 Å². The van der Waals surface area contributed by atoms with Crippen LogP contribution in [0.25, 0.3) is 0 Å². The molecule has 146 valence electrons. The first kappa shape index (κ1) is 20.9. The fourth-order valence-corrected chi connectivity index (χ4v) is 4.50. The van der Waals surface area contributed by atoms with E-state index >= 15 is 0 Å². The average Bonchev–Trinajstić information content (AvgIpc) is 3.20. The zero-order valence-corrected chi connectivity index (χ0v) is 17.0. The Morgan fingerprint density at radius 3 is 2.41 bits per heavy atom. The second-order valence-corrected chi connectivity index (χ2v) is 8.74. The van der Waals surface area contributed by atoms with E-state index in [4.69, 9.17) is 4.74 Å². The number of rotatable bonds is 8. The summed E-state index contributed by atoms with van der Waals surface area (Å²) in [7, 11) is -2.32. The maximum Gasteiger partial charge on any atom is 0.310 e. The predicted molar refractivity (Wildman–Crippen MR) is 104 cm³/mol. The number of anilines is 1. The number of carbonyl (C=O) groups excluding carboxylic acids is 2. The normalized spacial score (nSPS) is 12.3. The Bertz CT molecular complexity index is 877. The Labute approximate surface area is 163 Å². The highest BCUT2D eigenvalue weighted by Gasteiger charge is 2.22. The van der Waals surface area contributed by atoms with Gasteiger partial charge in [-0.25, -0.2) is 8.42 Å². The Balaban J connectivity index is 2.09. The van der Waals surface area contributed by atoms with Crippen LogP contribution in [0, 0.1) is 5.92 Å². The van der Waals surface area contributed by atoms with Crippen LogP contribution in [0.1, 0.15) is 24.2 Å². The van der Waals surface area contributed by atoms with Crippen molar-refractivity contribution in [3.05, 3.63) is 47.3 Å². The topological polar surface area (TPSA) is 92.8 Å². The molecule has 2 rings (SSSR count). The van der Waals surface area contributed by atoms with Crippen LogP contribution in [0.3, 0.4) is 0 Å². The molecule has 1 N–H and O–H groups in total. The van der Waals surface area contributed by atoms with Crippen LogP contribution < -0.4 is 4.72 Å². The zero-order valence-electron chi connectivity index (χ0n) is 15.3. The maximum absolute atomic E-state index is 12.6. The number of thiophene rings is 1. The predicted octanol–water partition coefficient (Wildman–Crippen LogP) is 2.82. The Kier molecular flexibility index (Phi) is 6.98. The molecule has 0 aliphatic heterocycles. The molecule has 1 heterocycles. The smallest absolute Gasteiger partial charge is 0.310 e. The van der Waals surface area contributed by atoms with Gasteiger partial charge in [-0.15, -0.1) is 11.3 Å². The summed E-state index contributed by atoms with van der Waals surface area (Å²) in [5.41, 5.74) is 0.777. The first-order valence-corrected chi connectivity index (χ1v) is 10.7. The Hall–Kier alpha value is -2.39. The van der Waals surface area contributed by atoms with Crippen molar-refractivity contribution in [3.8, 4) is 0 Å². The first-order chi connectivity index (χ1) is 12.8. The quantitative estimate of drug-likeness (QED) is 0.676. The van der Waals surface area contributed by atoms with Gasteiger partial charge in [-0.05, 0) is 42.6 Å². The molecular weight excluding hydrogens is 388 g/mol. The molecule has 0 saturated carbocycles. The minimum atomic E-state index is -3.63. The van der Waals surface area contributed by atoms with Crippen LogP contribution in [0.5, 0.6) is 0 Å². The molecule has 0 radical (unpaired) electrons. The number of nitrogens with zero attached hydrogens (tertiary/aromatic N) is 1. The third-order valence-electron chi connectivity index (χ3n) is 3.91. The van der Waals surface area contributed by atoms with Gasteiger partial charge >= 0.3 is 5.97 Å². The van der Waals surface area contributed by atoms with E-state index in [1.54, 1.807) is 35.4 Å². The summed E-state index contributed by atoms with van der Waals surface area (Å²) in [6, 6.07) is 9.37. The van der Waals surface area contributed by atoms with E-state index in [1.165, 1.54) is 25.3 Å². The minimum absolute atomic E-state index is 0.219. The molecule has 9 heteroatoms. The summed E-state index contributed by atoms with van der Waals surface area (Å²) in [6.45, 7) is 4.21. The van der Waals surface area contributed by atoms with Crippen molar-refractivity contribution < 1.29 is 22.7 Å². The monoisotopic (exact) mass is 410 g/mol. The van der Waals surface area contributed by atoms with Gasteiger partial charge in [-0.3, -0.25) is 14.3 Å². The lowest BCUT2D eigenvalue weighted by atomic mass is 10.1. The van der Waals surface area contributed by atoms with Crippen molar-refractivity contribution in [2.24, 2.45) is 5.92 Å². The fourth-order valence-electron chi connectivity index (χ4n) is 2.45. The number of ether oxygens (including phenoxy) is 1. The van der Waals surface area contributed by atoms with Crippen molar-refractivity contribution >= 4 is 38.9 Å². The molecule has 0 spiro atoms.